The van der Waals surface area contributed by atoms with Crippen LogP contribution in [0.5, 0.6) is 5.75 Å². The van der Waals surface area contributed by atoms with E-state index in [4.69, 9.17) is 21.1 Å². The number of anilines is 1. The Morgan fingerprint density at radius 2 is 2.00 bits per heavy atom. The third-order valence-electron chi connectivity index (χ3n) is 5.83. The number of rotatable bonds is 9. The number of halogens is 1. The van der Waals surface area contributed by atoms with Crippen LogP contribution in [0.4, 0.5) is 5.95 Å². The summed E-state index contributed by atoms with van der Waals surface area (Å²) in [7, 11) is 0. The molecule has 1 aromatic heterocycles. The monoisotopic (exact) mass is 466 g/mol. The second-order valence-electron chi connectivity index (χ2n) is 8.43. The number of aliphatic hydroxyl groups is 1. The van der Waals surface area contributed by atoms with Crippen molar-refractivity contribution >= 4 is 29.3 Å². The standard InChI is InChI=1S/C22H31ClN4O3S/c1-16-8-10-26(11-9-16)21-24-25-22(27(21)13-20-3-2-12-29-20)31-15-18(28)14-30-19-6-4-17(23)5-7-19/h4-7,16,18,20,28H,2-3,8-15H2,1H3. The Morgan fingerprint density at radius 3 is 2.71 bits per heavy atom. The van der Waals surface area contributed by atoms with Gasteiger partial charge in [0.05, 0.1) is 18.8 Å². The van der Waals surface area contributed by atoms with Gasteiger partial charge in [0.15, 0.2) is 5.16 Å². The molecule has 170 valence electrons. The normalized spacial score (nSPS) is 20.9. The van der Waals surface area contributed by atoms with Crippen LogP contribution in [-0.4, -0.2) is 64.1 Å². The van der Waals surface area contributed by atoms with Gasteiger partial charge in [-0.3, -0.25) is 4.57 Å². The predicted octanol–water partition coefficient (Wildman–Crippen LogP) is 3.88. The highest BCUT2D eigenvalue weighted by atomic mass is 35.5. The van der Waals surface area contributed by atoms with Gasteiger partial charge in [-0.05, 0) is 55.9 Å². The van der Waals surface area contributed by atoms with E-state index in [0.29, 0.717) is 16.5 Å². The molecule has 2 aromatic rings. The van der Waals surface area contributed by atoms with Gasteiger partial charge < -0.3 is 19.5 Å². The third-order valence-corrected chi connectivity index (χ3v) is 7.20. The highest BCUT2D eigenvalue weighted by Crippen LogP contribution is 2.28. The summed E-state index contributed by atoms with van der Waals surface area (Å²) in [5.41, 5.74) is 0. The second kappa shape index (κ2) is 10.9. The van der Waals surface area contributed by atoms with Crippen molar-refractivity contribution in [3.63, 3.8) is 0 Å². The molecule has 0 amide bonds. The van der Waals surface area contributed by atoms with Crippen molar-refractivity contribution in [2.75, 3.05) is 37.0 Å². The van der Waals surface area contributed by atoms with Crippen LogP contribution < -0.4 is 9.64 Å². The molecule has 4 rings (SSSR count). The first-order valence-corrected chi connectivity index (χ1v) is 12.4. The third kappa shape index (κ3) is 6.28. The first-order valence-electron chi connectivity index (χ1n) is 11.1. The van der Waals surface area contributed by atoms with Gasteiger partial charge in [0.2, 0.25) is 5.95 Å². The zero-order valence-electron chi connectivity index (χ0n) is 18.0. The van der Waals surface area contributed by atoms with Crippen molar-refractivity contribution in [2.24, 2.45) is 5.92 Å². The molecule has 0 saturated carbocycles. The van der Waals surface area contributed by atoms with E-state index in [1.165, 1.54) is 24.6 Å². The van der Waals surface area contributed by atoms with E-state index in [0.717, 1.165) is 56.1 Å². The maximum atomic E-state index is 10.4. The maximum Gasteiger partial charge on any atom is 0.228 e. The van der Waals surface area contributed by atoms with Gasteiger partial charge in [-0.25, -0.2) is 0 Å². The van der Waals surface area contributed by atoms with E-state index in [-0.39, 0.29) is 12.7 Å². The topological polar surface area (TPSA) is 72.6 Å². The van der Waals surface area contributed by atoms with Gasteiger partial charge in [-0.1, -0.05) is 30.3 Å². The number of hydrogen-bond donors (Lipinski definition) is 1. The number of piperidine rings is 1. The highest BCUT2D eigenvalue weighted by Gasteiger charge is 2.26. The van der Waals surface area contributed by atoms with E-state index < -0.39 is 6.10 Å². The van der Waals surface area contributed by atoms with Gasteiger partial charge >= 0.3 is 0 Å². The lowest BCUT2D eigenvalue weighted by molar-refractivity contribution is 0.0951. The minimum Gasteiger partial charge on any atom is -0.491 e. The SMILES string of the molecule is CC1CCN(c2nnc(SCC(O)COc3ccc(Cl)cc3)n2CC2CCCO2)CC1. The fraction of sp³-hybridized carbons (Fsp3) is 0.636. The minimum atomic E-state index is -0.618. The number of aromatic nitrogens is 3. The van der Waals surface area contributed by atoms with Crippen LogP contribution in [-0.2, 0) is 11.3 Å². The highest BCUT2D eigenvalue weighted by molar-refractivity contribution is 7.99. The minimum absolute atomic E-state index is 0.205. The van der Waals surface area contributed by atoms with Crippen LogP contribution in [0.2, 0.25) is 5.02 Å². The smallest absolute Gasteiger partial charge is 0.228 e. The Balaban J connectivity index is 1.37. The van der Waals surface area contributed by atoms with Crippen LogP contribution in [0.3, 0.4) is 0 Å². The van der Waals surface area contributed by atoms with Crippen molar-refractivity contribution in [3.05, 3.63) is 29.3 Å². The Kier molecular flexibility index (Phi) is 7.98. The maximum absolute atomic E-state index is 10.4. The van der Waals surface area contributed by atoms with Crippen LogP contribution in [0.15, 0.2) is 29.4 Å². The molecule has 0 aliphatic carbocycles. The predicted molar refractivity (Wildman–Crippen MR) is 123 cm³/mol. The van der Waals surface area contributed by atoms with Gasteiger partial charge in [0.1, 0.15) is 12.4 Å². The molecule has 0 bridgehead atoms. The van der Waals surface area contributed by atoms with Crippen molar-refractivity contribution in [3.8, 4) is 5.75 Å². The average molecular weight is 467 g/mol. The number of thioether (sulfide) groups is 1. The number of aliphatic hydroxyl groups excluding tert-OH is 1. The molecule has 9 heteroatoms. The average Bonchev–Trinajstić information content (AvgIpc) is 3.43. The Morgan fingerprint density at radius 1 is 1.23 bits per heavy atom. The number of benzene rings is 1. The lowest BCUT2D eigenvalue weighted by Gasteiger charge is -2.31. The van der Waals surface area contributed by atoms with E-state index in [1.807, 2.05) is 0 Å². The molecule has 2 aliphatic rings. The molecular weight excluding hydrogens is 436 g/mol. The Bertz CT molecular complexity index is 821. The molecule has 2 fully saturated rings. The quantitative estimate of drug-likeness (QED) is 0.562. The molecule has 31 heavy (non-hydrogen) atoms. The van der Waals surface area contributed by atoms with E-state index in [2.05, 4.69) is 26.6 Å². The first-order chi connectivity index (χ1) is 15.1. The molecule has 2 aliphatic heterocycles. The van der Waals surface area contributed by atoms with Crippen LogP contribution in [0, 0.1) is 5.92 Å². The summed E-state index contributed by atoms with van der Waals surface area (Å²) in [5.74, 6) is 2.86. The fourth-order valence-electron chi connectivity index (χ4n) is 3.92. The van der Waals surface area contributed by atoms with E-state index >= 15 is 0 Å². The second-order valence-corrected chi connectivity index (χ2v) is 9.85. The van der Waals surface area contributed by atoms with Crippen molar-refractivity contribution in [1.29, 1.82) is 0 Å². The molecule has 1 N–H and O–H groups in total. The Labute approximate surface area is 193 Å². The zero-order valence-corrected chi connectivity index (χ0v) is 19.5. The summed E-state index contributed by atoms with van der Waals surface area (Å²) >= 11 is 7.41. The summed E-state index contributed by atoms with van der Waals surface area (Å²) in [6, 6.07) is 7.14. The number of nitrogens with zero attached hydrogens (tertiary/aromatic N) is 4. The number of hydrogen-bond acceptors (Lipinski definition) is 7. The molecule has 0 spiro atoms. The molecule has 0 radical (unpaired) electrons. The molecule has 3 heterocycles. The van der Waals surface area contributed by atoms with Crippen LogP contribution in [0.25, 0.3) is 0 Å². The Hall–Kier alpha value is -1.48. The van der Waals surface area contributed by atoms with Crippen LogP contribution in [0.1, 0.15) is 32.6 Å². The van der Waals surface area contributed by atoms with E-state index in [9.17, 15) is 5.11 Å². The van der Waals surface area contributed by atoms with Crippen molar-refractivity contribution < 1.29 is 14.6 Å². The largest absolute Gasteiger partial charge is 0.491 e. The molecular formula is C22H31ClN4O3S. The molecule has 2 unspecified atom stereocenters. The molecule has 2 saturated heterocycles. The summed E-state index contributed by atoms with van der Waals surface area (Å²) < 4.78 is 13.7. The van der Waals surface area contributed by atoms with Crippen molar-refractivity contribution in [2.45, 2.75) is 56.5 Å². The summed E-state index contributed by atoms with van der Waals surface area (Å²) in [6.45, 7) is 6.12. The summed E-state index contributed by atoms with van der Waals surface area (Å²) in [6.07, 6.45) is 4.11. The lowest BCUT2D eigenvalue weighted by atomic mass is 10.00. The van der Waals surface area contributed by atoms with Gasteiger partial charge in [0.25, 0.3) is 0 Å². The van der Waals surface area contributed by atoms with Crippen molar-refractivity contribution in [1.82, 2.24) is 14.8 Å². The first kappa shape index (κ1) is 22.7. The fourth-order valence-corrected chi connectivity index (χ4v) is 4.90. The van der Waals surface area contributed by atoms with Gasteiger partial charge in [-0.2, -0.15) is 0 Å². The summed E-state index contributed by atoms with van der Waals surface area (Å²) in [5, 5.41) is 20.9. The number of ether oxygens (including phenoxy) is 2. The lowest BCUT2D eigenvalue weighted by Crippen LogP contribution is -2.35. The molecule has 7 nitrogen and oxygen atoms in total. The molecule has 1 aromatic carbocycles. The van der Waals surface area contributed by atoms with Gasteiger partial charge in [0, 0.05) is 30.5 Å². The summed E-state index contributed by atoms with van der Waals surface area (Å²) in [4.78, 5) is 2.34. The van der Waals surface area contributed by atoms with Gasteiger partial charge in [-0.15, -0.1) is 10.2 Å². The van der Waals surface area contributed by atoms with Crippen LogP contribution >= 0.6 is 23.4 Å². The van der Waals surface area contributed by atoms with E-state index in [1.54, 1.807) is 24.3 Å². The zero-order chi connectivity index (χ0) is 21.6. The molecule has 2 atom stereocenters.